The lowest BCUT2D eigenvalue weighted by molar-refractivity contribution is 1.30. The third-order valence-electron chi connectivity index (χ3n) is 7.11. The summed E-state index contributed by atoms with van der Waals surface area (Å²) in [4.78, 5) is 23.1. The summed E-state index contributed by atoms with van der Waals surface area (Å²) in [5.74, 6) is 0. The van der Waals surface area contributed by atoms with Gasteiger partial charge in [-0.3, -0.25) is 24.9 Å². The molecule has 0 aliphatic rings. The minimum Gasteiger partial charge on any atom is -0.263 e. The first-order valence-corrected chi connectivity index (χ1v) is 13.7. The second-order valence-electron chi connectivity index (χ2n) is 9.92. The molecule has 7 rings (SSSR count). The predicted octanol–water partition coefficient (Wildman–Crippen LogP) is 8.66. The minimum atomic E-state index is 0.906. The van der Waals surface area contributed by atoms with Crippen LogP contribution in [-0.4, -0.2) is 24.9 Å². The molecule has 5 heteroatoms. The van der Waals surface area contributed by atoms with Crippen LogP contribution in [0.4, 0.5) is 0 Å². The lowest BCUT2D eigenvalue weighted by atomic mass is 9.94. The molecule has 0 saturated heterocycles. The van der Waals surface area contributed by atoms with Gasteiger partial charge >= 0.3 is 0 Å². The maximum atomic E-state index is 4.68. The summed E-state index contributed by atoms with van der Waals surface area (Å²) in [5.41, 5.74) is 11.8. The first-order chi connectivity index (χ1) is 20.8. The Bertz CT molecular complexity index is 1700. The van der Waals surface area contributed by atoms with Crippen LogP contribution in [0.1, 0.15) is 0 Å². The number of hydrogen-bond acceptors (Lipinski definition) is 5. The van der Waals surface area contributed by atoms with E-state index in [9.17, 15) is 0 Å². The molecule has 0 saturated carbocycles. The largest absolute Gasteiger partial charge is 0.263 e. The maximum absolute atomic E-state index is 4.68. The van der Waals surface area contributed by atoms with E-state index in [0.717, 1.165) is 67.3 Å². The molecule has 5 heterocycles. The Morgan fingerprint density at radius 2 is 0.571 bits per heavy atom. The van der Waals surface area contributed by atoms with Crippen LogP contribution < -0.4 is 0 Å². The van der Waals surface area contributed by atoms with Crippen molar-refractivity contribution in [2.75, 3.05) is 0 Å². The van der Waals surface area contributed by atoms with Crippen molar-refractivity contribution in [3.05, 3.63) is 152 Å². The summed E-state index contributed by atoms with van der Waals surface area (Å²) in [6, 6.07) is 39.0. The molecule has 0 bridgehead atoms. The van der Waals surface area contributed by atoms with Crippen LogP contribution in [0.5, 0.6) is 0 Å². The number of aromatic nitrogens is 5. The first kappa shape index (κ1) is 25.2. The molecule has 0 spiro atoms. The monoisotopic (exact) mass is 539 g/mol. The van der Waals surface area contributed by atoms with E-state index in [4.69, 9.17) is 0 Å². The van der Waals surface area contributed by atoms with Crippen LogP contribution in [0.15, 0.2) is 152 Å². The van der Waals surface area contributed by atoms with Gasteiger partial charge < -0.3 is 0 Å². The average Bonchev–Trinajstić information content (AvgIpc) is 3.09. The van der Waals surface area contributed by atoms with Gasteiger partial charge in [0.05, 0.1) is 22.8 Å². The van der Waals surface area contributed by atoms with Crippen LogP contribution in [0.2, 0.25) is 0 Å². The van der Waals surface area contributed by atoms with Gasteiger partial charge in [0.15, 0.2) is 0 Å². The molecular formula is C37H25N5. The summed E-state index contributed by atoms with van der Waals surface area (Å²) in [6.45, 7) is 0. The zero-order chi connectivity index (χ0) is 28.1. The van der Waals surface area contributed by atoms with Crippen LogP contribution >= 0.6 is 0 Å². The van der Waals surface area contributed by atoms with Crippen LogP contribution in [0, 0.1) is 0 Å². The normalized spacial score (nSPS) is 10.9. The number of hydrogen-bond donors (Lipinski definition) is 0. The topological polar surface area (TPSA) is 64.5 Å². The average molecular weight is 540 g/mol. The molecule has 0 amide bonds. The van der Waals surface area contributed by atoms with Crippen molar-refractivity contribution < 1.29 is 0 Å². The van der Waals surface area contributed by atoms with Gasteiger partial charge in [0, 0.05) is 70.6 Å². The third-order valence-corrected chi connectivity index (χ3v) is 7.11. The Kier molecular flexibility index (Phi) is 6.81. The van der Waals surface area contributed by atoms with Gasteiger partial charge in [0.2, 0.25) is 0 Å². The molecule has 0 atom stereocenters. The molecule has 0 N–H and O–H groups in total. The quantitative estimate of drug-likeness (QED) is 0.212. The fourth-order valence-electron chi connectivity index (χ4n) is 5.07. The number of nitrogens with zero attached hydrogens (tertiary/aromatic N) is 5. The van der Waals surface area contributed by atoms with Crippen LogP contribution in [0.25, 0.3) is 67.3 Å². The van der Waals surface area contributed by atoms with Gasteiger partial charge in [-0.2, -0.15) is 0 Å². The summed E-state index contributed by atoms with van der Waals surface area (Å²) in [7, 11) is 0. The van der Waals surface area contributed by atoms with Crippen LogP contribution in [0.3, 0.4) is 0 Å². The highest BCUT2D eigenvalue weighted by molar-refractivity contribution is 5.83. The van der Waals surface area contributed by atoms with Gasteiger partial charge in [-0.25, -0.2) is 0 Å². The molecule has 0 radical (unpaired) electrons. The minimum absolute atomic E-state index is 0.906. The second kappa shape index (κ2) is 11.4. The van der Waals surface area contributed by atoms with Crippen molar-refractivity contribution in [1.29, 1.82) is 0 Å². The molecule has 0 fully saturated rings. The molecule has 2 aromatic carbocycles. The Morgan fingerprint density at radius 3 is 0.857 bits per heavy atom. The molecule has 7 aromatic rings. The zero-order valence-electron chi connectivity index (χ0n) is 22.7. The number of benzene rings is 2. The van der Waals surface area contributed by atoms with Gasteiger partial charge in [0.25, 0.3) is 0 Å². The van der Waals surface area contributed by atoms with Crippen molar-refractivity contribution in [3.63, 3.8) is 0 Å². The number of pyridine rings is 5. The van der Waals surface area contributed by atoms with Gasteiger partial charge in [-0.15, -0.1) is 0 Å². The van der Waals surface area contributed by atoms with E-state index in [0.29, 0.717) is 0 Å². The molecular weight excluding hydrogens is 514 g/mol. The summed E-state index contributed by atoms with van der Waals surface area (Å²) in [5, 5.41) is 0. The lowest BCUT2D eigenvalue weighted by Crippen LogP contribution is -1.91. The zero-order valence-corrected chi connectivity index (χ0v) is 22.7. The summed E-state index contributed by atoms with van der Waals surface area (Å²) >= 11 is 0. The van der Waals surface area contributed by atoms with E-state index >= 15 is 0 Å². The highest BCUT2D eigenvalue weighted by atomic mass is 14.7. The van der Waals surface area contributed by atoms with Crippen molar-refractivity contribution >= 4 is 0 Å². The van der Waals surface area contributed by atoms with Gasteiger partial charge in [0.1, 0.15) is 0 Å². The molecule has 0 aliphatic carbocycles. The number of rotatable bonds is 6. The Balaban J connectivity index is 1.37. The fourth-order valence-corrected chi connectivity index (χ4v) is 5.07. The summed E-state index contributed by atoms with van der Waals surface area (Å²) < 4.78 is 0. The Labute approximate surface area is 244 Å². The van der Waals surface area contributed by atoms with Crippen molar-refractivity contribution in [3.8, 4) is 67.3 Å². The molecule has 0 unspecified atom stereocenters. The Morgan fingerprint density at radius 1 is 0.286 bits per heavy atom. The van der Waals surface area contributed by atoms with Crippen LogP contribution in [-0.2, 0) is 0 Å². The van der Waals surface area contributed by atoms with E-state index < -0.39 is 0 Å². The fraction of sp³-hybridized carbons (Fsp3) is 0. The van der Waals surface area contributed by atoms with E-state index in [1.807, 2.05) is 110 Å². The van der Waals surface area contributed by atoms with Gasteiger partial charge in [-0.1, -0.05) is 24.3 Å². The smallest absolute Gasteiger partial charge is 0.0702 e. The highest BCUT2D eigenvalue weighted by Crippen LogP contribution is 2.35. The molecule has 5 nitrogen and oxygen atoms in total. The molecule has 198 valence electrons. The van der Waals surface area contributed by atoms with E-state index in [1.165, 1.54) is 0 Å². The van der Waals surface area contributed by atoms with E-state index in [1.54, 1.807) is 0 Å². The van der Waals surface area contributed by atoms with Crippen molar-refractivity contribution in [2.45, 2.75) is 0 Å². The van der Waals surface area contributed by atoms with Crippen molar-refractivity contribution in [2.24, 2.45) is 0 Å². The SMILES string of the molecule is c1ccc(-c2cc(-c3cncc(-c4cc(-c5ccccn5)cc(-c5ccccn5)c4)c3)cc(-c3ccccn3)c2)nc1. The second-order valence-corrected chi connectivity index (χ2v) is 9.92. The van der Waals surface area contributed by atoms with Gasteiger partial charge in [-0.05, 0) is 102 Å². The first-order valence-electron chi connectivity index (χ1n) is 13.7. The Hall–Kier alpha value is -5.81. The third kappa shape index (κ3) is 5.31. The highest BCUT2D eigenvalue weighted by Gasteiger charge is 2.12. The van der Waals surface area contributed by atoms with E-state index in [2.05, 4.69) is 67.4 Å². The maximum Gasteiger partial charge on any atom is 0.0702 e. The standard InChI is InChI=1S/C37H25N5/c1-5-13-39-34(9-1)28-17-26(18-29(21-28)35-10-2-6-14-40-35)32-23-33(25-38-24-32)27-19-30(36-11-3-7-15-41-36)22-31(20-27)37-12-4-8-16-42-37/h1-25H. The molecule has 42 heavy (non-hydrogen) atoms. The lowest BCUT2D eigenvalue weighted by Gasteiger charge is -2.13. The molecule has 5 aromatic heterocycles. The molecule has 0 aliphatic heterocycles. The van der Waals surface area contributed by atoms with Crippen molar-refractivity contribution in [1.82, 2.24) is 24.9 Å². The van der Waals surface area contributed by atoms with E-state index in [-0.39, 0.29) is 0 Å². The summed E-state index contributed by atoms with van der Waals surface area (Å²) in [6.07, 6.45) is 11.1. The predicted molar refractivity (Wildman–Crippen MR) is 168 cm³/mol.